The summed E-state index contributed by atoms with van der Waals surface area (Å²) >= 11 is 0. The number of para-hydroxylation sites is 1. The van der Waals surface area contributed by atoms with Crippen molar-refractivity contribution in [2.75, 3.05) is 30.8 Å². The molecule has 31 heavy (non-hydrogen) atoms. The summed E-state index contributed by atoms with van der Waals surface area (Å²) in [5, 5.41) is 3.27. The molecule has 0 radical (unpaired) electrons. The Bertz CT molecular complexity index is 1090. The van der Waals surface area contributed by atoms with E-state index in [4.69, 9.17) is 15.2 Å². The minimum Gasteiger partial charge on any atom is -0.486 e. The molecule has 2 aliphatic heterocycles. The second-order valence-electron chi connectivity index (χ2n) is 8.06. The van der Waals surface area contributed by atoms with Gasteiger partial charge in [-0.3, -0.25) is 0 Å². The number of quaternary nitrogens is 1. The van der Waals surface area contributed by atoms with Crippen molar-refractivity contribution in [3.8, 4) is 11.5 Å². The zero-order valence-corrected chi connectivity index (χ0v) is 17.6. The Morgan fingerprint density at radius 3 is 2.77 bits per heavy atom. The smallest absolute Gasteiger partial charge is 0.232 e. The molecule has 3 heterocycles. The van der Waals surface area contributed by atoms with Crippen molar-refractivity contribution in [3.63, 3.8) is 0 Å². The average molecular weight is 420 g/mol. The highest BCUT2D eigenvalue weighted by Crippen LogP contribution is 2.33. The van der Waals surface area contributed by atoms with E-state index in [1.54, 1.807) is 0 Å². The van der Waals surface area contributed by atoms with Crippen LogP contribution in [-0.4, -0.2) is 34.7 Å². The predicted octanol–water partition coefficient (Wildman–Crippen LogP) is 2.20. The normalized spacial score (nSPS) is 19.9. The van der Waals surface area contributed by atoms with Crippen LogP contribution in [0.4, 0.5) is 17.6 Å². The molecule has 1 unspecified atom stereocenters. The van der Waals surface area contributed by atoms with E-state index in [0.29, 0.717) is 37.6 Å². The largest absolute Gasteiger partial charge is 0.486 e. The van der Waals surface area contributed by atoms with Crippen LogP contribution in [0.2, 0.25) is 0 Å². The number of anilines is 3. The maximum Gasteiger partial charge on any atom is 0.232 e. The number of fused-ring (bicyclic) bond motifs is 1. The third-order valence-corrected chi connectivity index (χ3v) is 5.93. The van der Waals surface area contributed by atoms with Crippen molar-refractivity contribution in [1.82, 2.24) is 15.0 Å². The Morgan fingerprint density at radius 2 is 1.90 bits per heavy atom. The fraction of sp³-hybridized carbons (Fsp3) is 0.348. The lowest BCUT2D eigenvalue weighted by molar-refractivity contribution is -0.932. The van der Waals surface area contributed by atoms with Crippen molar-refractivity contribution in [3.05, 3.63) is 59.4 Å². The maximum atomic E-state index is 6.01. The lowest BCUT2D eigenvalue weighted by Gasteiger charge is -2.24. The molecule has 8 nitrogen and oxygen atoms in total. The van der Waals surface area contributed by atoms with E-state index in [0.717, 1.165) is 42.1 Å². The molecule has 0 bridgehead atoms. The number of nitrogens with one attached hydrogen (secondary N) is 2. The Balaban J connectivity index is 1.35. The molecule has 4 N–H and O–H groups in total. The van der Waals surface area contributed by atoms with E-state index in [1.165, 1.54) is 10.5 Å². The Hall–Kier alpha value is -3.39. The second-order valence-corrected chi connectivity index (χ2v) is 8.06. The van der Waals surface area contributed by atoms with Gasteiger partial charge in [0, 0.05) is 24.1 Å². The summed E-state index contributed by atoms with van der Waals surface area (Å²) in [6, 6.07) is 14.7. The molecule has 0 aliphatic carbocycles. The van der Waals surface area contributed by atoms with E-state index in [9.17, 15) is 0 Å². The van der Waals surface area contributed by atoms with E-state index in [2.05, 4.69) is 32.4 Å². The van der Waals surface area contributed by atoms with Gasteiger partial charge < -0.3 is 25.4 Å². The van der Waals surface area contributed by atoms with Gasteiger partial charge in [-0.1, -0.05) is 18.2 Å². The zero-order valence-electron chi connectivity index (χ0n) is 17.6. The van der Waals surface area contributed by atoms with Crippen LogP contribution in [0.3, 0.4) is 0 Å². The van der Waals surface area contributed by atoms with E-state index in [-0.39, 0.29) is 5.95 Å². The van der Waals surface area contributed by atoms with Crippen LogP contribution in [0.25, 0.3) is 0 Å². The van der Waals surface area contributed by atoms with Crippen LogP contribution < -0.4 is 25.4 Å². The third kappa shape index (κ3) is 4.25. The molecular weight excluding hydrogens is 392 g/mol. The first-order chi connectivity index (χ1) is 15.2. The van der Waals surface area contributed by atoms with Gasteiger partial charge in [-0.2, -0.15) is 15.0 Å². The predicted molar refractivity (Wildman–Crippen MR) is 118 cm³/mol. The molecule has 5 rings (SSSR count). The number of nitrogens with two attached hydrogens (primary N) is 1. The van der Waals surface area contributed by atoms with Gasteiger partial charge in [0.1, 0.15) is 25.8 Å². The number of hydrogen-bond donors (Lipinski definition) is 3. The average Bonchev–Trinajstić information content (AvgIpc) is 3.23. The Kier molecular flexibility index (Phi) is 5.30. The highest BCUT2D eigenvalue weighted by Gasteiger charge is 2.32. The fourth-order valence-electron chi connectivity index (χ4n) is 4.41. The monoisotopic (exact) mass is 419 g/mol. The highest BCUT2D eigenvalue weighted by molar-refractivity contribution is 5.58. The van der Waals surface area contributed by atoms with Crippen LogP contribution in [0.1, 0.15) is 35.8 Å². The fourth-order valence-corrected chi connectivity index (χ4v) is 4.41. The minimum atomic E-state index is 0.232. The lowest BCUT2D eigenvalue weighted by Crippen LogP contribution is -3.09. The number of aromatic nitrogens is 3. The summed E-state index contributed by atoms with van der Waals surface area (Å²) in [5.74, 6) is 3.07. The lowest BCUT2D eigenvalue weighted by atomic mass is 10.0. The number of nitrogens with zero attached hydrogens (tertiary/aromatic N) is 3. The molecule has 0 spiro atoms. The van der Waals surface area contributed by atoms with E-state index >= 15 is 0 Å². The van der Waals surface area contributed by atoms with Gasteiger partial charge in [-0.25, -0.2) is 0 Å². The molecule has 3 aromatic rings. The van der Waals surface area contributed by atoms with Crippen LogP contribution >= 0.6 is 0 Å². The van der Waals surface area contributed by atoms with Crippen LogP contribution in [0.15, 0.2) is 42.5 Å². The molecular formula is C23H27N6O2+. The molecule has 1 saturated heterocycles. The van der Waals surface area contributed by atoms with E-state index in [1.807, 2.05) is 37.3 Å². The van der Waals surface area contributed by atoms with Gasteiger partial charge in [-0.05, 0) is 36.8 Å². The number of rotatable bonds is 5. The molecule has 1 fully saturated rings. The summed E-state index contributed by atoms with van der Waals surface area (Å²) in [4.78, 5) is 14.8. The van der Waals surface area contributed by atoms with Crippen LogP contribution in [-0.2, 0) is 6.54 Å². The molecule has 160 valence electrons. The first kappa shape index (κ1) is 19.6. The summed E-state index contributed by atoms with van der Waals surface area (Å²) in [7, 11) is 0. The first-order valence-corrected chi connectivity index (χ1v) is 10.7. The van der Waals surface area contributed by atoms with Gasteiger partial charge in [-0.15, -0.1) is 0 Å². The topological polar surface area (TPSA) is 99.6 Å². The van der Waals surface area contributed by atoms with Crippen LogP contribution in [0.5, 0.6) is 11.5 Å². The highest BCUT2D eigenvalue weighted by atomic mass is 16.6. The molecule has 1 aromatic heterocycles. The van der Waals surface area contributed by atoms with Gasteiger partial charge >= 0.3 is 0 Å². The number of ether oxygens (including phenoxy) is 2. The number of hydrogen-bond acceptors (Lipinski definition) is 7. The van der Waals surface area contributed by atoms with Gasteiger partial charge in [0.25, 0.3) is 0 Å². The number of nitrogen functional groups attached to an aromatic ring is 1. The van der Waals surface area contributed by atoms with Gasteiger partial charge in [0.2, 0.25) is 11.9 Å². The summed E-state index contributed by atoms with van der Waals surface area (Å²) in [6.45, 7) is 4.99. The van der Waals surface area contributed by atoms with Crippen molar-refractivity contribution in [1.29, 1.82) is 0 Å². The molecule has 2 aromatic carbocycles. The van der Waals surface area contributed by atoms with Crippen molar-refractivity contribution in [2.24, 2.45) is 0 Å². The van der Waals surface area contributed by atoms with Crippen LogP contribution in [0, 0.1) is 6.92 Å². The quantitative estimate of drug-likeness (QED) is 0.583. The van der Waals surface area contributed by atoms with Crippen molar-refractivity contribution >= 4 is 17.6 Å². The minimum absolute atomic E-state index is 0.232. The maximum absolute atomic E-state index is 6.01. The molecule has 2 aliphatic rings. The van der Waals surface area contributed by atoms with Crippen molar-refractivity contribution < 1.29 is 14.4 Å². The molecule has 2 atom stereocenters. The van der Waals surface area contributed by atoms with Gasteiger partial charge in [0.05, 0.1) is 6.54 Å². The number of likely N-dealkylation sites (tertiary alicyclic amines) is 1. The summed E-state index contributed by atoms with van der Waals surface area (Å²) in [5.41, 5.74) is 9.34. The van der Waals surface area contributed by atoms with Crippen molar-refractivity contribution in [2.45, 2.75) is 32.4 Å². The zero-order chi connectivity index (χ0) is 21.2. The SMILES string of the molecule is Cc1ccccc1Nc1nc(N)nc(C[NH+]2CCC[C@@H]2c2ccc3c(c2)OCCO3)n1. The Labute approximate surface area is 181 Å². The summed E-state index contributed by atoms with van der Waals surface area (Å²) < 4.78 is 11.5. The van der Waals surface area contributed by atoms with Gasteiger partial charge in [0.15, 0.2) is 17.3 Å². The summed E-state index contributed by atoms with van der Waals surface area (Å²) in [6.07, 6.45) is 2.27. The second kappa shape index (κ2) is 8.39. The Morgan fingerprint density at radius 1 is 1.06 bits per heavy atom. The third-order valence-electron chi connectivity index (χ3n) is 5.93. The van der Waals surface area contributed by atoms with E-state index < -0.39 is 0 Å². The molecule has 8 heteroatoms. The first-order valence-electron chi connectivity index (χ1n) is 10.7. The standard InChI is InChI=1S/C23H26N6O2/c1-15-5-2-3-6-17(15)25-23-27-21(26-22(24)28-23)14-29-10-4-7-18(29)16-8-9-19-20(13-16)31-12-11-30-19/h2-3,5-6,8-9,13,18H,4,7,10-12,14H2,1H3,(H3,24,25,26,27,28)/p+1/t18-/m1/s1. The number of benzene rings is 2. The molecule has 0 saturated carbocycles. The molecule has 0 amide bonds. The number of aryl methyl sites for hydroxylation is 1.